The molecule has 0 aliphatic carbocycles. The van der Waals surface area contributed by atoms with E-state index in [2.05, 4.69) is 0 Å². The van der Waals surface area contributed by atoms with Gasteiger partial charge in [0, 0.05) is 13.6 Å². The van der Waals surface area contributed by atoms with Crippen LogP contribution in [-0.4, -0.2) is 47.2 Å². The first-order chi connectivity index (χ1) is 9.99. The maximum absolute atomic E-state index is 12.4. The van der Waals surface area contributed by atoms with E-state index >= 15 is 0 Å². The molecule has 1 aromatic carbocycles. The number of likely N-dealkylation sites (N-methyl/N-ethyl adjacent to an activating group) is 1. The van der Waals surface area contributed by atoms with Gasteiger partial charge in [-0.1, -0.05) is 25.5 Å². The molecule has 5 heteroatoms. The zero-order valence-electron chi connectivity index (χ0n) is 12.6. The number of carbonyl (C=O) groups is 3. The van der Waals surface area contributed by atoms with E-state index in [1.165, 1.54) is 0 Å². The Morgan fingerprint density at radius 2 is 1.71 bits per heavy atom. The Kier molecular flexibility index (Phi) is 4.40. The van der Waals surface area contributed by atoms with Crippen LogP contribution >= 0.6 is 0 Å². The average Bonchev–Trinajstić information content (AvgIpc) is 2.75. The Hall–Kier alpha value is -2.17. The molecule has 0 radical (unpaired) electrons. The number of hydrogen-bond acceptors (Lipinski definition) is 3. The highest BCUT2D eigenvalue weighted by Gasteiger charge is 2.41. The fourth-order valence-electron chi connectivity index (χ4n) is 2.49. The van der Waals surface area contributed by atoms with Crippen LogP contribution in [0.3, 0.4) is 0 Å². The van der Waals surface area contributed by atoms with Crippen molar-refractivity contribution in [3.05, 3.63) is 35.4 Å². The number of carbonyl (C=O) groups excluding carboxylic acids is 3. The molecule has 0 bridgehead atoms. The molecule has 2 rings (SSSR count). The molecule has 0 saturated heterocycles. The summed E-state index contributed by atoms with van der Waals surface area (Å²) in [5, 5.41) is 0. The number of hydrogen-bond donors (Lipinski definition) is 0. The Bertz CT molecular complexity index is 548. The van der Waals surface area contributed by atoms with Crippen LogP contribution in [0.2, 0.25) is 0 Å². The van der Waals surface area contributed by atoms with Gasteiger partial charge in [-0.15, -0.1) is 0 Å². The molecule has 112 valence electrons. The second kappa shape index (κ2) is 6.08. The van der Waals surface area contributed by atoms with Crippen molar-refractivity contribution >= 4 is 17.7 Å². The van der Waals surface area contributed by atoms with Crippen molar-refractivity contribution in [2.24, 2.45) is 0 Å². The van der Waals surface area contributed by atoms with E-state index in [0.29, 0.717) is 17.7 Å². The first-order valence-corrected chi connectivity index (χ1v) is 7.21. The predicted octanol–water partition coefficient (Wildman–Crippen LogP) is 1.93. The molecule has 1 aliphatic heterocycles. The number of rotatable bonds is 5. The normalized spacial score (nSPS) is 15.1. The van der Waals surface area contributed by atoms with Crippen molar-refractivity contribution in [3.8, 4) is 0 Å². The number of nitrogens with zero attached hydrogens (tertiary/aromatic N) is 2. The van der Waals surface area contributed by atoms with Crippen molar-refractivity contribution in [2.45, 2.75) is 32.7 Å². The van der Waals surface area contributed by atoms with E-state index < -0.39 is 6.04 Å². The van der Waals surface area contributed by atoms with Crippen molar-refractivity contribution in [3.63, 3.8) is 0 Å². The predicted molar refractivity (Wildman–Crippen MR) is 78.9 cm³/mol. The first kappa shape index (κ1) is 15.2. The summed E-state index contributed by atoms with van der Waals surface area (Å²) in [6, 6.07) is 5.89. The molecule has 1 atom stereocenters. The van der Waals surface area contributed by atoms with Crippen molar-refractivity contribution in [1.29, 1.82) is 0 Å². The summed E-state index contributed by atoms with van der Waals surface area (Å²) >= 11 is 0. The van der Waals surface area contributed by atoms with E-state index in [1.54, 1.807) is 43.1 Å². The molecule has 1 aliphatic rings. The van der Waals surface area contributed by atoms with E-state index in [1.807, 2.05) is 6.92 Å². The van der Waals surface area contributed by atoms with Gasteiger partial charge in [-0.05, 0) is 25.5 Å². The van der Waals surface area contributed by atoms with Crippen LogP contribution in [-0.2, 0) is 4.79 Å². The van der Waals surface area contributed by atoms with Gasteiger partial charge in [0.1, 0.15) is 6.04 Å². The summed E-state index contributed by atoms with van der Waals surface area (Å²) in [6.45, 7) is 4.28. The second-order valence-electron chi connectivity index (χ2n) is 5.32. The van der Waals surface area contributed by atoms with E-state index in [0.717, 1.165) is 17.7 Å². The maximum Gasteiger partial charge on any atom is 0.262 e. The van der Waals surface area contributed by atoms with Crippen molar-refractivity contribution < 1.29 is 14.4 Å². The molecule has 21 heavy (non-hydrogen) atoms. The van der Waals surface area contributed by atoms with E-state index in [-0.39, 0.29) is 17.7 Å². The topological polar surface area (TPSA) is 57.7 Å². The molecular weight excluding hydrogens is 268 g/mol. The molecule has 0 N–H and O–H groups in total. The first-order valence-electron chi connectivity index (χ1n) is 7.21. The molecule has 3 amide bonds. The van der Waals surface area contributed by atoms with Gasteiger partial charge >= 0.3 is 0 Å². The third kappa shape index (κ3) is 2.68. The second-order valence-corrected chi connectivity index (χ2v) is 5.32. The zero-order chi connectivity index (χ0) is 15.6. The monoisotopic (exact) mass is 288 g/mol. The quantitative estimate of drug-likeness (QED) is 0.778. The van der Waals surface area contributed by atoms with E-state index in [9.17, 15) is 14.4 Å². The molecule has 0 aromatic heterocycles. The SMILES string of the molecule is CCCCN(C)C(=O)C(C)N1C(=O)c2ccccc2C1=O. The van der Waals surface area contributed by atoms with Crippen LogP contribution in [0.15, 0.2) is 24.3 Å². The van der Waals surface area contributed by atoms with Gasteiger partial charge in [-0.2, -0.15) is 0 Å². The summed E-state index contributed by atoms with van der Waals surface area (Å²) < 4.78 is 0. The average molecular weight is 288 g/mol. The molecule has 0 spiro atoms. The van der Waals surface area contributed by atoms with Gasteiger partial charge in [-0.3, -0.25) is 19.3 Å². The van der Waals surface area contributed by atoms with Crippen LogP contribution in [0.1, 0.15) is 47.4 Å². The van der Waals surface area contributed by atoms with Gasteiger partial charge < -0.3 is 4.90 Å². The molecule has 1 unspecified atom stereocenters. The molecule has 1 aromatic rings. The van der Waals surface area contributed by atoms with Crippen LogP contribution < -0.4 is 0 Å². The number of unbranched alkanes of at least 4 members (excludes halogenated alkanes) is 1. The summed E-state index contributed by atoms with van der Waals surface area (Å²) in [5.74, 6) is -0.987. The summed E-state index contributed by atoms with van der Waals surface area (Å²) in [7, 11) is 1.70. The van der Waals surface area contributed by atoms with Crippen LogP contribution in [0.5, 0.6) is 0 Å². The highest BCUT2D eigenvalue weighted by atomic mass is 16.2. The smallest absolute Gasteiger partial charge is 0.262 e. The Balaban J connectivity index is 2.18. The number of imide groups is 1. The third-order valence-electron chi connectivity index (χ3n) is 3.79. The zero-order valence-corrected chi connectivity index (χ0v) is 12.6. The van der Waals surface area contributed by atoms with Crippen molar-refractivity contribution in [1.82, 2.24) is 9.80 Å². The Morgan fingerprint density at radius 3 is 2.19 bits per heavy atom. The van der Waals surface area contributed by atoms with Crippen molar-refractivity contribution in [2.75, 3.05) is 13.6 Å². The summed E-state index contributed by atoms with van der Waals surface area (Å²) in [6.07, 6.45) is 1.89. The lowest BCUT2D eigenvalue weighted by Crippen LogP contribution is -2.48. The summed E-state index contributed by atoms with van der Waals surface area (Å²) in [5.41, 5.74) is 0.747. The Labute approximate surface area is 124 Å². The number of amides is 3. The molecular formula is C16H20N2O3. The Morgan fingerprint density at radius 1 is 1.19 bits per heavy atom. The summed E-state index contributed by atoms with van der Waals surface area (Å²) in [4.78, 5) is 39.7. The number of benzene rings is 1. The minimum atomic E-state index is -0.778. The van der Waals surface area contributed by atoms with Crippen LogP contribution in [0.25, 0.3) is 0 Å². The highest BCUT2D eigenvalue weighted by Crippen LogP contribution is 2.24. The van der Waals surface area contributed by atoms with Crippen LogP contribution in [0.4, 0.5) is 0 Å². The fourth-order valence-corrected chi connectivity index (χ4v) is 2.49. The molecule has 5 nitrogen and oxygen atoms in total. The fraction of sp³-hybridized carbons (Fsp3) is 0.438. The number of fused-ring (bicyclic) bond motifs is 1. The lowest BCUT2D eigenvalue weighted by molar-refractivity contribution is -0.133. The highest BCUT2D eigenvalue weighted by molar-refractivity contribution is 6.22. The minimum absolute atomic E-state index is 0.210. The van der Waals surface area contributed by atoms with Gasteiger partial charge in [0.15, 0.2) is 0 Å². The lowest BCUT2D eigenvalue weighted by atomic mass is 10.1. The van der Waals surface area contributed by atoms with Gasteiger partial charge in [0.2, 0.25) is 5.91 Å². The lowest BCUT2D eigenvalue weighted by Gasteiger charge is -2.26. The van der Waals surface area contributed by atoms with Gasteiger partial charge in [0.25, 0.3) is 11.8 Å². The van der Waals surface area contributed by atoms with E-state index in [4.69, 9.17) is 0 Å². The largest absolute Gasteiger partial charge is 0.344 e. The van der Waals surface area contributed by atoms with Gasteiger partial charge in [0.05, 0.1) is 11.1 Å². The minimum Gasteiger partial charge on any atom is -0.344 e. The van der Waals surface area contributed by atoms with Crippen LogP contribution in [0, 0.1) is 0 Å². The molecule has 0 fully saturated rings. The maximum atomic E-state index is 12.4. The molecule has 1 heterocycles. The standard InChI is InChI=1S/C16H20N2O3/c1-4-5-10-17(3)14(19)11(2)18-15(20)12-8-6-7-9-13(12)16(18)21/h6-9,11H,4-5,10H2,1-3H3. The third-order valence-corrected chi connectivity index (χ3v) is 3.79. The van der Waals surface area contributed by atoms with Gasteiger partial charge in [-0.25, -0.2) is 0 Å². The molecule has 0 saturated carbocycles.